The number of aliphatic hydroxyl groups excluding tert-OH is 1. The van der Waals surface area contributed by atoms with Crippen LogP contribution in [0.15, 0.2) is 18.2 Å². The number of benzene rings is 1. The van der Waals surface area contributed by atoms with Gasteiger partial charge < -0.3 is 16.2 Å². The number of hydrogen-bond donors (Lipinski definition) is 3. The van der Waals surface area contributed by atoms with Crippen LogP contribution in [0.1, 0.15) is 20.3 Å². The van der Waals surface area contributed by atoms with Gasteiger partial charge in [0, 0.05) is 18.8 Å². The molecule has 4 N–H and O–H groups in total. The van der Waals surface area contributed by atoms with Crippen molar-refractivity contribution in [1.82, 2.24) is 4.90 Å². The Hall–Kier alpha value is -1.66. The average Bonchev–Trinajstić information content (AvgIpc) is 2.45. The number of nitrogens with one attached hydrogen (secondary N) is 1. The number of nitrogens with zero attached hydrogens (tertiary/aromatic N) is 1. The summed E-state index contributed by atoms with van der Waals surface area (Å²) < 4.78 is 13.1. The molecule has 3 unspecified atom stereocenters. The van der Waals surface area contributed by atoms with Gasteiger partial charge in [0.25, 0.3) is 0 Å². The number of likely N-dealkylation sites (tertiary alicyclic amines) is 1. The second kappa shape index (κ2) is 6.41. The molecule has 1 fully saturated rings. The van der Waals surface area contributed by atoms with Crippen molar-refractivity contribution in [3.05, 3.63) is 24.0 Å². The van der Waals surface area contributed by atoms with Crippen molar-refractivity contribution in [1.29, 1.82) is 0 Å². The van der Waals surface area contributed by atoms with Gasteiger partial charge in [-0.3, -0.25) is 9.69 Å². The first-order valence-electron chi connectivity index (χ1n) is 7.16. The Kier molecular flexibility index (Phi) is 4.80. The molecule has 1 aliphatic heterocycles. The number of carbonyl (C=O) groups is 1. The first-order chi connectivity index (χ1) is 9.88. The fraction of sp³-hybridized carbons (Fsp3) is 0.533. The van der Waals surface area contributed by atoms with Crippen molar-refractivity contribution in [2.24, 2.45) is 5.92 Å². The van der Waals surface area contributed by atoms with E-state index in [2.05, 4.69) is 5.32 Å². The molecule has 21 heavy (non-hydrogen) atoms. The second-order valence-electron chi connectivity index (χ2n) is 5.73. The van der Waals surface area contributed by atoms with Gasteiger partial charge in [0.1, 0.15) is 5.82 Å². The van der Waals surface area contributed by atoms with Gasteiger partial charge in [0.15, 0.2) is 0 Å². The minimum atomic E-state index is -0.500. The molecule has 1 aromatic carbocycles. The van der Waals surface area contributed by atoms with Crippen LogP contribution in [0.4, 0.5) is 15.8 Å². The summed E-state index contributed by atoms with van der Waals surface area (Å²) >= 11 is 0. The molecular weight excluding hydrogens is 273 g/mol. The van der Waals surface area contributed by atoms with Gasteiger partial charge in [0.2, 0.25) is 5.91 Å². The van der Waals surface area contributed by atoms with Crippen molar-refractivity contribution < 1.29 is 14.3 Å². The van der Waals surface area contributed by atoms with Crippen molar-refractivity contribution >= 4 is 17.3 Å². The molecule has 1 aliphatic rings. The third-order valence-corrected chi connectivity index (χ3v) is 4.08. The van der Waals surface area contributed by atoms with Crippen LogP contribution >= 0.6 is 0 Å². The van der Waals surface area contributed by atoms with Crippen molar-refractivity contribution in [2.45, 2.75) is 32.4 Å². The summed E-state index contributed by atoms with van der Waals surface area (Å²) in [7, 11) is 0. The SMILES string of the molecule is CC1CN(C(C)C(=O)Nc2ccc(F)c(N)c2)CCC1O. The number of piperidine rings is 1. The lowest BCUT2D eigenvalue weighted by Gasteiger charge is -2.37. The fourth-order valence-corrected chi connectivity index (χ4v) is 2.55. The lowest BCUT2D eigenvalue weighted by Crippen LogP contribution is -2.50. The topological polar surface area (TPSA) is 78.6 Å². The van der Waals surface area contributed by atoms with Crippen LogP contribution < -0.4 is 11.1 Å². The molecule has 1 aromatic rings. The molecule has 3 atom stereocenters. The van der Waals surface area contributed by atoms with E-state index in [0.717, 1.165) is 0 Å². The van der Waals surface area contributed by atoms with Crippen LogP contribution in [0, 0.1) is 11.7 Å². The number of amides is 1. The number of nitrogens with two attached hydrogens (primary N) is 1. The predicted molar refractivity (Wildman–Crippen MR) is 80.3 cm³/mol. The number of anilines is 2. The zero-order valence-corrected chi connectivity index (χ0v) is 12.3. The summed E-state index contributed by atoms with van der Waals surface area (Å²) in [5.41, 5.74) is 5.98. The molecule has 0 radical (unpaired) electrons. The van der Waals surface area contributed by atoms with E-state index in [9.17, 15) is 14.3 Å². The van der Waals surface area contributed by atoms with Gasteiger partial charge in [-0.15, -0.1) is 0 Å². The normalized spacial score (nSPS) is 24.6. The molecule has 6 heteroatoms. The maximum absolute atomic E-state index is 13.1. The van der Waals surface area contributed by atoms with E-state index in [1.807, 2.05) is 18.7 Å². The molecule has 0 aromatic heterocycles. The van der Waals surface area contributed by atoms with Crippen LogP contribution in [0.2, 0.25) is 0 Å². The molecule has 0 spiro atoms. The first kappa shape index (κ1) is 15.7. The van der Waals surface area contributed by atoms with Gasteiger partial charge in [0.05, 0.1) is 17.8 Å². The Balaban J connectivity index is 1.97. The van der Waals surface area contributed by atoms with Crippen LogP contribution in [0.3, 0.4) is 0 Å². The smallest absolute Gasteiger partial charge is 0.241 e. The van der Waals surface area contributed by atoms with Gasteiger partial charge in [-0.05, 0) is 37.5 Å². The van der Waals surface area contributed by atoms with Crippen LogP contribution in [-0.4, -0.2) is 41.1 Å². The summed E-state index contributed by atoms with van der Waals surface area (Å²) in [6, 6.07) is 3.81. The Bertz CT molecular complexity index is 524. The van der Waals surface area contributed by atoms with E-state index in [-0.39, 0.29) is 29.7 Å². The molecule has 2 rings (SSSR count). The Morgan fingerprint density at radius 2 is 2.29 bits per heavy atom. The zero-order chi connectivity index (χ0) is 15.6. The minimum absolute atomic E-state index is 0.00942. The highest BCUT2D eigenvalue weighted by Crippen LogP contribution is 2.20. The number of aliphatic hydroxyl groups is 1. The van der Waals surface area contributed by atoms with Gasteiger partial charge in [-0.1, -0.05) is 6.92 Å². The van der Waals surface area contributed by atoms with Crippen molar-refractivity contribution in [3.63, 3.8) is 0 Å². The summed E-state index contributed by atoms with van der Waals surface area (Å²) in [6.07, 6.45) is 0.371. The highest BCUT2D eigenvalue weighted by Gasteiger charge is 2.29. The maximum Gasteiger partial charge on any atom is 0.241 e. The fourth-order valence-electron chi connectivity index (χ4n) is 2.55. The molecule has 0 bridgehead atoms. The molecule has 5 nitrogen and oxygen atoms in total. The second-order valence-corrected chi connectivity index (χ2v) is 5.73. The first-order valence-corrected chi connectivity index (χ1v) is 7.16. The van der Waals surface area contributed by atoms with E-state index < -0.39 is 5.82 Å². The molecule has 1 heterocycles. The number of carbonyl (C=O) groups excluding carboxylic acids is 1. The standard InChI is InChI=1S/C15H22FN3O2/c1-9-8-19(6-5-14(9)20)10(2)15(21)18-11-3-4-12(16)13(17)7-11/h3-4,7,9-10,14,20H,5-6,8,17H2,1-2H3,(H,18,21). The Morgan fingerprint density at radius 1 is 1.57 bits per heavy atom. The van der Waals surface area contributed by atoms with Gasteiger partial charge in [-0.2, -0.15) is 0 Å². The third kappa shape index (κ3) is 3.71. The highest BCUT2D eigenvalue weighted by molar-refractivity contribution is 5.94. The quantitative estimate of drug-likeness (QED) is 0.737. The van der Waals surface area contributed by atoms with Gasteiger partial charge >= 0.3 is 0 Å². The number of nitrogen functional groups attached to an aromatic ring is 1. The number of rotatable bonds is 3. The number of halogens is 1. The van der Waals surface area contributed by atoms with E-state index in [4.69, 9.17) is 5.73 Å². The maximum atomic E-state index is 13.1. The summed E-state index contributed by atoms with van der Waals surface area (Å²) in [4.78, 5) is 14.3. The zero-order valence-electron chi connectivity index (χ0n) is 12.3. The van der Waals surface area contributed by atoms with Crippen LogP contribution in [-0.2, 0) is 4.79 Å². The monoisotopic (exact) mass is 295 g/mol. The molecule has 0 saturated carbocycles. The number of hydrogen-bond acceptors (Lipinski definition) is 4. The molecular formula is C15H22FN3O2. The van der Waals surface area contributed by atoms with Crippen molar-refractivity contribution in [3.8, 4) is 0 Å². The summed E-state index contributed by atoms with van der Waals surface area (Å²) in [5, 5.41) is 12.5. The van der Waals surface area contributed by atoms with Crippen LogP contribution in [0.25, 0.3) is 0 Å². The largest absolute Gasteiger partial charge is 0.396 e. The predicted octanol–water partition coefficient (Wildman–Crippen LogP) is 1.44. The van der Waals surface area contributed by atoms with E-state index in [0.29, 0.717) is 25.2 Å². The molecule has 0 aliphatic carbocycles. The van der Waals surface area contributed by atoms with Crippen LogP contribution in [0.5, 0.6) is 0 Å². The molecule has 1 saturated heterocycles. The summed E-state index contributed by atoms with van der Waals surface area (Å²) in [5.74, 6) is -0.514. The van der Waals surface area contributed by atoms with E-state index >= 15 is 0 Å². The van der Waals surface area contributed by atoms with Gasteiger partial charge in [-0.25, -0.2) is 4.39 Å². The molecule has 1 amide bonds. The lowest BCUT2D eigenvalue weighted by atomic mass is 9.95. The summed E-state index contributed by atoms with van der Waals surface area (Å²) in [6.45, 7) is 5.17. The van der Waals surface area contributed by atoms with E-state index in [1.165, 1.54) is 18.2 Å². The molecule has 116 valence electrons. The Morgan fingerprint density at radius 3 is 2.90 bits per heavy atom. The third-order valence-electron chi connectivity index (χ3n) is 4.08. The van der Waals surface area contributed by atoms with E-state index in [1.54, 1.807) is 0 Å². The average molecular weight is 295 g/mol. The Labute approximate surface area is 123 Å². The van der Waals surface area contributed by atoms with Crippen molar-refractivity contribution in [2.75, 3.05) is 24.1 Å². The highest BCUT2D eigenvalue weighted by atomic mass is 19.1. The minimum Gasteiger partial charge on any atom is -0.396 e. The lowest BCUT2D eigenvalue weighted by molar-refractivity contribution is -0.122.